The highest BCUT2D eigenvalue weighted by atomic mass is 16.6. The number of carbonyl (C=O) groups is 1. The summed E-state index contributed by atoms with van der Waals surface area (Å²) in [7, 11) is 0. The molecule has 0 unspecified atom stereocenters. The minimum atomic E-state index is -0.815. The van der Waals surface area contributed by atoms with Crippen molar-refractivity contribution in [2.45, 2.75) is 57.8 Å². The molecule has 1 aliphatic heterocycles. The van der Waals surface area contributed by atoms with E-state index in [1.165, 1.54) is 0 Å². The van der Waals surface area contributed by atoms with E-state index in [2.05, 4.69) is 0 Å². The molecule has 0 aromatic rings. The molecule has 1 saturated carbocycles. The lowest BCUT2D eigenvalue weighted by atomic mass is 9.81. The molecule has 4 nitrogen and oxygen atoms in total. The van der Waals surface area contributed by atoms with Crippen LogP contribution in [0.2, 0.25) is 0 Å². The van der Waals surface area contributed by atoms with E-state index < -0.39 is 11.7 Å². The number of esters is 1. The largest absolute Gasteiger partial charge is 0.457 e. The summed E-state index contributed by atoms with van der Waals surface area (Å²) in [5, 5.41) is 20.8. The zero-order chi connectivity index (χ0) is 13.9. The second kappa shape index (κ2) is 4.06. The monoisotopic (exact) mass is 266 g/mol. The predicted octanol–water partition coefficient (Wildman–Crippen LogP) is 1.41. The summed E-state index contributed by atoms with van der Waals surface area (Å²) in [5.41, 5.74) is 1.06. The average molecular weight is 266 g/mol. The van der Waals surface area contributed by atoms with E-state index in [1.807, 2.05) is 20.8 Å². The number of carbonyl (C=O) groups excluding carboxylic acids is 1. The van der Waals surface area contributed by atoms with Crippen LogP contribution in [-0.4, -0.2) is 34.0 Å². The van der Waals surface area contributed by atoms with Crippen molar-refractivity contribution in [1.29, 1.82) is 0 Å². The number of hydrogen-bond donors (Lipinski definition) is 2. The summed E-state index contributed by atoms with van der Waals surface area (Å²) in [5.74, 6) is -0.204. The van der Waals surface area contributed by atoms with Gasteiger partial charge in [0.05, 0.1) is 17.6 Å². The Morgan fingerprint density at radius 2 is 2.11 bits per heavy atom. The number of fused-ring (bicyclic) bond motifs is 3. The highest BCUT2D eigenvalue weighted by Crippen LogP contribution is 2.51. The molecule has 1 saturated heterocycles. The second-order valence-electron chi connectivity index (χ2n) is 6.65. The summed E-state index contributed by atoms with van der Waals surface area (Å²) in [4.78, 5) is 11.8. The van der Waals surface area contributed by atoms with Crippen molar-refractivity contribution >= 4 is 5.97 Å². The molecule has 6 atom stereocenters. The van der Waals surface area contributed by atoms with E-state index in [9.17, 15) is 15.0 Å². The zero-order valence-electron chi connectivity index (χ0n) is 11.7. The van der Waals surface area contributed by atoms with E-state index in [0.717, 1.165) is 17.6 Å². The molecule has 3 aliphatic rings. The van der Waals surface area contributed by atoms with E-state index in [0.29, 0.717) is 12.8 Å². The third-order valence-electron chi connectivity index (χ3n) is 5.48. The summed E-state index contributed by atoms with van der Waals surface area (Å²) >= 11 is 0. The molecule has 3 rings (SSSR count). The van der Waals surface area contributed by atoms with Crippen LogP contribution in [0.15, 0.2) is 11.1 Å². The normalized spacial score (nSPS) is 49.7. The Hall–Kier alpha value is -0.870. The fraction of sp³-hybridized carbons (Fsp3) is 0.800. The Kier molecular flexibility index (Phi) is 2.81. The van der Waals surface area contributed by atoms with Gasteiger partial charge in [0, 0.05) is 11.8 Å². The Morgan fingerprint density at radius 1 is 1.42 bits per heavy atom. The molecular formula is C15H22O4. The van der Waals surface area contributed by atoms with Gasteiger partial charge in [-0.2, -0.15) is 0 Å². The Balaban J connectivity index is 2.07. The van der Waals surface area contributed by atoms with Crippen molar-refractivity contribution in [3.63, 3.8) is 0 Å². The Labute approximate surface area is 113 Å². The molecule has 2 fully saturated rings. The summed E-state index contributed by atoms with van der Waals surface area (Å²) < 4.78 is 5.56. The van der Waals surface area contributed by atoms with E-state index in [-0.39, 0.29) is 29.8 Å². The van der Waals surface area contributed by atoms with Crippen LogP contribution in [-0.2, 0) is 9.53 Å². The number of rotatable bonds is 0. The van der Waals surface area contributed by atoms with Gasteiger partial charge in [-0.1, -0.05) is 6.92 Å². The molecule has 1 heterocycles. The van der Waals surface area contributed by atoms with Gasteiger partial charge >= 0.3 is 5.97 Å². The molecular weight excluding hydrogens is 244 g/mol. The molecule has 0 spiro atoms. The molecule has 0 aromatic carbocycles. The van der Waals surface area contributed by atoms with Gasteiger partial charge in [-0.15, -0.1) is 0 Å². The van der Waals surface area contributed by atoms with Crippen LogP contribution in [0.1, 0.15) is 40.0 Å². The topological polar surface area (TPSA) is 66.8 Å². The molecule has 0 bridgehead atoms. The number of aliphatic hydroxyl groups is 2. The lowest BCUT2D eigenvalue weighted by Crippen LogP contribution is -2.35. The van der Waals surface area contributed by atoms with Crippen LogP contribution < -0.4 is 0 Å². The fourth-order valence-electron chi connectivity index (χ4n) is 4.09. The summed E-state index contributed by atoms with van der Waals surface area (Å²) in [6.07, 6.45) is 1.25. The maximum Gasteiger partial charge on any atom is 0.309 e. The Morgan fingerprint density at radius 3 is 2.79 bits per heavy atom. The molecule has 2 aliphatic carbocycles. The molecule has 0 amide bonds. The molecule has 0 radical (unpaired) electrons. The molecule has 106 valence electrons. The van der Waals surface area contributed by atoms with Crippen molar-refractivity contribution < 1.29 is 19.7 Å². The maximum atomic E-state index is 11.8. The van der Waals surface area contributed by atoms with Gasteiger partial charge in [0.2, 0.25) is 0 Å². The smallest absolute Gasteiger partial charge is 0.309 e. The molecule has 2 N–H and O–H groups in total. The predicted molar refractivity (Wildman–Crippen MR) is 69.2 cm³/mol. The highest BCUT2D eigenvalue weighted by Gasteiger charge is 2.54. The highest BCUT2D eigenvalue weighted by molar-refractivity contribution is 5.75. The maximum absolute atomic E-state index is 11.8. The van der Waals surface area contributed by atoms with Crippen molar-refractivity contribution in [2.75, 3.05) is 0 Å². The van der Waals surface area contributed by atoms with Gasteiger partial charge in [0.15, 0.2) is 0 Å². The minimum absolute atomic E-state index is 0.0874. The first-order chi connectivity index (χ1) is 8.83. The third kappa shape index (κ3) is 1.77. The van der Waals surface area contributed by atoms with Crippen LogP contribution in [0, 0.1) is 17.8 Å². The summed E-state index contributed by atoms with van der Waals surface area (Å²) in [6, 6.07) is 0. The van der Waals surface area contributed by atoms with Crippen molar-refractivity contribution in [3.05, 3.63) is 11.1 Å². The van der Waals surface area contributed by atoms with Crippen molar-refractivity contribution in [1.82, 2.24) is 0 Å². The van der Waals surface area contributed by atoms with Gasteiger partial charge in [-0.05, 0) is 44.3 Å². The number of hydrogen-bond acceptors (Lipinski definition) is 4. The summed E-state index contributed by atoms with van der Waals surface area (Å²) in [6.45, 7) is 5.65. The van der Waals surface area contributed by atoms with Crippen LogP contribution in [0.25, 0.3) is 0 Å². The average Bonchev–Trinajstić information content (AvgIpc) is 2.74. The number of ether oxygens (including phenoxy) is 1. The van der Waals surface area contributed by atoms with E-state index in [4.69, 9.17) is 4.74 Å². The van der Waals surface area contributed by atoms with Crippen LogP contribution in [0.4, 0.5) is 0 Å². The lowest BCUT2D eigenvalue weighted by molar-refractivity contribution is -0.143. The SMILES string of the molecule is CC1=C2[C@H]3OC(=O)[C@@H](C)[C@@H]3CC[C@@](C)(O)[C@@H]2C[C@@H]1O. The second-order valence-corrected chi connectivity index (χ2v) is 6.65. The van der Waals surface area contributed by atoms with E-state index in [1.54, 1.807) is 0 Å². The van der Waals surface area contributed by atoms with Crippen LogP contribution in [0.3, 0.4) is 0 Å². The Bertz CT molecular complexity index is 451. The first kappa shape index (κ1) is 13.1. The van der Waals surface area contributed by atoms with Crippen LogP contribution in [0.5, 0.6) is 0 Å². The first-order valence-corrected chi connectivity index (χ1v) is 7.14. The third-order valence-corrected chi connectivity index (χ3v) is 5.48. The lowest BCUT2D eigenvalue weighted by Gasteiger charge is -2.31. The number of aliphatic hydroxyl groups excluding tert-OH is 1. The van der Waals surface area contributed by atoms with Gasteiger partial charge in [-0.3, -0.25) is 4.79 Å². The first-order valence-electron chi connectivity index (χ1n) is 7.14. The molecule has 19 heavy (non-hydrogen) atoms. The van der Waals surface area contributed by atoms with Gasteiger partial charge in [0.1, 0.15) is 6.10 Å². The van der Waals surface area contributed by atoms with Crippen molar-refractivity contribution in [3.8, 4) is 0 Å². The molecule has 4 heteroatoms. The van der Waals surface area contributed by atoms with Crippen molar-refractivity contribution in [2.24, 2.45) is 17.8 Å². The quantitative estimate of drug-likeness (QED) is 0.514. The van der Waals surface area contributed by atoms with Gasteiger partial charge in [-0.25, -0.2) is 0 Å². The molecule has 0 aromatic heterocycles. The fourth-order valence-corrected chi connectivity index (χ4v) is 4.09. The minimum Gasteiger partial charge on any atom is -0.457 e. The van der Waals surface area contributed by atoms with E-state index >= 15 is 0 Å². The van der Waals surface area contributed by atoms with Crippen LogP contribution >= 0.6 is 0 Å². The zero-order valence-corrected chi connectivity index (χ0v) is 11.7. The van der Waals surface area contributed by atoms with Gasteiger partial charge in [0.25, 0.3) is 0 Å². The van der Waals surface area contributed by atoms with Gasteiger partial charge < -0.3 is 14.9 Å². The standard InChI is InChI=1S/C15H22O4/c1-7-9-4-5-15(3,18)10-6-11(16)8(2)12(10)13(9)19-14(7)17/h7,9-11,13,16,18H,4-6H2,1-3H3/t7-,9-,10+,11-,13-,15+/m0/s1.